The van der Waals surface area contributed by atoms with Crippen molar-refractivity contribution in [2.75, 3.05) is 17.2 Å². The molecule has 0 saturated heterocycles. The Labute approximate surface area is 191 Å². The number of para-hydroxylation sites is 1. The van der Waals surface area contributed by atoms with Crippen molar-refractivity contribution in [2.24, 2.45) is 46.8 Å². The van der Waals surface area contributed by atoms with Crippen LogP contribution in [0.5, 0.6) is 0 Å². The first-order valence-corrected chi connectivity index (χ1v) is 12.2. The van der Waals surface area contributed by atoms with Gasteiger partial charge in [0.25, 0.3) is 0 Å². The fourth-order valence-electron chi connectivity index (χ4n) is 9.37. The van der Waals surface area contributed by atoms with Crippen LogP contribution in [0, 0.1) is 46.8 Å². The zero-order valence-electron chi connectivity index (χ0n) is 18.2. The fraction of sp³-hybridized carbons (Fsp3) is 0.444. The summed E-state index contributed by atoms with van der Waals surface area (Å²) in [6.45, 7) is 1.21. The number of Topliss-reactive ketones (excluding diaryl/α,β-unsaturated/α-hetero) is 1. The molecule has 6 aliphatic carbocycles. The average molecular weight is 440 g/mol. The van der Waals surface area contributed by atoms with E-state index in [1.807, 2.05) is 47.4 Å². The van der Waals surface area contributed by atoms with Crippen molar-refractivity contribution in [1.29, 1.82) is 0 Å². The maximum atomic E-state index is 13.9. The van der Waals surface area contributed by atoms with Crippen molar-refractivity contribution in [3.05, 3.63) is 59.7 Å². The van der Waals surface area contributed by atoms with Gasteiger partial charge in [-0.15, -0.1) is 0 Å². The van der Waals surface area contributed by atoms with E-state index in [9.17, 15) is 14.4 Å². The summed E-state index contributed by atoms with van der Waals surface area (Å²) in [6.07, 6.45) is 1.91. The number of nitrogens with one attached hydrogen (secondary N) is 2. The van der Waals surface area contributed by atoms with Crippen LogP contribution in [0.4, 0.5) is 16.2 Å². The Balaban J connectivity index is 1.02. The third-order valence-electron chi connectivity index (χ3n) is 10.1. The van der Waals surface area contributed by atoms with Crippen LogP contribution in [0.15, 0.2) is 48.5 Å². The van der Waals surface area contributed by atoms with Gasteiger partial charge in [0.1, 0.15) is 5.78 Å². The van der Waals surface area contributed by atoms with Gasteiger partial charge in [0, 0.05) is 36.3 Å². The Bertz CT molecular complexity index is 1260. The number of amides is 3. The molecule has 1 heterocycles. The van der Waals surface area contributed by atoms with Crippen molar-refractivity contribution in [3.8, 4) is 0 Å². The van der Waals surface area contributed by atoms with E-state index in [1.54, 1.807) is 0 Å². The molecule has 7 aliphatic rings. The Morgan fingerprint density at radius 1 is 0.970 bits per heavy atom. The topological polar surface area (TPSA) is 78.5 Å². The molecule has 2 N–H and O–H groups in total. The van der Waals surface area contributed by atoms with Crippen molar-refractivity contribution in [1.82, 2.24) is 4.90 Å². The number of urea groups is 1. The highest BCUT2D eigenvalue weighted by Gasteiger charge is 2.96. The number of anilines is 2. The second-order valence-corrected chi connectivity index (χ2v) is 10.9. The molecule has 6 heteroatoms. The van der Waals surface area contributed by atoms with E-state index < -0.39 is 0 Å². The Hall–Kier alpha value is -3.15. The minimum Gasteiger partial charge on any atom is -0.338 e. The molecule has 1 aliphatic heterocycles. The zero-order chi connectivity index (χ0) is 22.1. The van der Waals surface area contributed by atoms with E-state index in [0.29, 0.717) is 54.9 Å². The van der Waals surface area contributed by atoms with E-state index in [-0.39, 0.29) is 29.2 Å². The molecular formula is C27H25N3O3. The lowest BCUT2D eigenvalue weighted by Gasteiger charge is -2.71. The van der Waals surface area contributed by atoms with Crippen LogP contribution in [0.1, 0.15) is 17.5 Å². The molecule has 0 spiro atoms. The first kappa shape index (κ1) is 18.3. The molecule has 0 radical (unpaired) electrons. The minimum absolute atomic E-state index is 0.0323. The standard InChI is InChI=1S/C27H25N3O3/c31-24-20-16-11-17-21-19(16)23(24)27(21,22(17)20)25(32)30-10-9-15-13(12-30)5-4-8-18(15)29-26(33)28-14-6-2-1-3-7-14/h1-8,16-17,19-23H,9-12H2,(H2,28,29,33). The maximum absolute atomic E-state index is 13.9. The number of hydrogen-bond acceptors (Lipinski definition) is 3. The molecule has 166 valence electrons. The highest BCUT2D eigenvalue weighted by Crippen LogP contribution is 2.93. The molecule has 6 saturated carbocycles. The lowest BCUT2D eigenvalue weighted by Crippen LogP contribution is -2.75. The predicted molar refractivity (Wildman–Crippen MR) is 121 cm³/mol. The average Bonchev–Trinajstić information content (AvgIpc) is 3.34. The van der Waals surface area contributed by atoms with Crippen molar-refractivity contribution in [3.63, 3.8) is 0 Å². The fourth-order valence-corrected chi connectivity index (χ4v) is 9.37. The molecule has 8 unspecified atom stereocenters. The summed E-state index contributed by atoms with van der Waals surface area (Å²) < 4.78 is 0. The second kappa shape index (κ2) is 5.85. The molecule has 2 aromatic carbocycles. The second-order valence-electron chi connectivity index (χ2n) is 10.9. The highest BCUT2D eigenvalue weighted by atomic mass is 16.2. The molecule has 33 heavy (non-hydrogen) atoms. The van der Waals surface area contributed by atoms with E-state index in [2.05, 4.69) is 16.7 Å². The highest BCUT2D eigenvalue weighted by molar-refractivity contribution is 6.04. The third-order valence-corrected chi connectivity index (χ3v) is 10.1. The number of nitrogens with zero attached hydrogens (tertiary/aromatic N) is 1. The molecule has 2 aromatic rings. The summed E-state index contributed by atoms with van der Waals surface area (Å²) in [5.74, 6) is 3.52. The summed E-state index contributed by atoms with van der Waals surface area (Å²) in [4.78, 5) is 41.3. The number of hydrogen-bond donors (Lipinski definition) is 2. The smallest absolute Gasteiger partial charge is 0.323 e. The van der Waals surface area contributed by atoms with Gasteiger partial charge in [-0.05, 0) is 71.8 Å². The summed E-state index contributed by atoms with van der Waals surface area (Å²) in [7, 11) is 0. The van der Waals surface area contributed by atoms with Gasteiger partial charge in [-0.3, -0.25) is 9.59 Å². The van der Waals surface area contributed by atoms with Crippen molar-refractivity contribution < 1.29 is 14.4 Å². The molecular weight excluding hydrogens is 414 g/mol. The van der Waals surface area contributed by atoms with E-state index in [0.717, 1.165) is 22.5 Å². The van der Waals surface area contributed by atoms with Crippen LogP contribution in [0.25, 0.3) is 0 Å². The van der Waals surface area contributed by atoms with Gasteiger partial charge >= 0.3 is 6.03 Å². The first-order chi connectivity index (χ1) is 16.1. The largest absolute Gasteiger partial charge is 0.338 e. The maximum Gasteiger partial charge on any atom is 0.323 e. The van der Waals surface area contributed by atoms with Crippen LogP contribution in [0.3, 0.4) is 0 Å². The van der Waals surface area contributed by atoms with Gasteiger partial charge in [0.05, 0.1) is 5.41 Å². The summed E-state index contributed by atoms with van der Waals surface area (Å²) in [6, 6.07) is 15.0. The van der Waals surface area contributed by atoms with Crippen molar-refractivity contribution >= 4 is 29.1 Å². The molecule has 6 fully saturated rings. The van der Waals surface area contributed by atoms with Crippen LogP contribution in [-0.4, -0.2) is 29.2 Å². The third kappa shape index (κ3) is 1.93. The molecule has 3 amide bonds. The van der Waals surface area contributed by atoms with Crippen LogP contribution >= 0.6 is 0 Å². The van der Waals surface area contributed by atoms with Crippen LogP contribution < -0.4 is 10.6 Å². The van der Waals surface area contributed by atoms with Gasteiger partial charge in [0.15, 0.2) is 0 Å². The van der Waals surface area contributed by atoms with E-state index >= 15 is 0 Å². The van der Waals surface area contributed by atoms with E-state index in [1.165, 1.54) is 6.42 Å². The van der Waals surface area contributed by atoms with E-state index in [4.69, 9.17) is 0 Å². The Morgan fingerprint density at radius 3 is 2.64 bits per heavy atom. The van der Waals surface area contributed by atoms with Crippen LogP contribution in [0.2, 0.25) is 0 Å². The van der Waals surface area contributed by atoms with Gasteiger partial charge in [-0.25, -0.2) is 4.79 Å². The summed E-state index contributed by atoms with van der Waals surface area (Å²) in [5, 5.41) is 5.85. The number of ketones is 1. The van der Waals surface area contributed by atoms with Crippen LogP contribution in [-0.2, 0) is 22.6 Å². The Morgan fingerprint density at radius 2 is 1.82 bits per heavy atom. The number of carbonyl (C=O) groups is 3. The normalized spacial score (nSPS) is 39.7. The number of fused-ring (bicyclic) bond motifs is 1. The molecule has 8 atom stereocenters. The molecule has 6 nitrogen and oxygen atoms in total. The quantitative estimate of drug-likeness (QED) is 0.768. The SMILES string of the molecule is O=C(Nc1ccccc1)Nc1cccc2c1CCN(C(=O)C13C4C(=O)C5C6CC(C51)C3C64)C2. The minimum atomic E-state index is -0.340. The Kier molecular flexibility index (Phi) is 3.24. The lowest BCUT2D eigenvalue weighted by atomic mass is 9.31. The molecule has 9 rings (SSSR count). The lowest BCUT2D eigenvalue weighted by molar-refractivity contribution is -0.256. The number of carbonyl (C=O) groups excluding carboxylic acids is 3. The monoisotopic (exact) mass is 439 g/mol. The molecule has 4 bridgehead atoms. The van der Waals surface area contributed by atoms with Crippen molar-refractivity contribution in [2.45, 2.75) is 19.4 Å². The molecule has 0 aromatic heterocycles. The zero-order valence-corrected chi connectivity index (χ0v) is 18.2. The summed E-state index contributed by atoms with van der Waals surface area (Å²) in [5.41, 5.74) is 3.39. The number of benzene rings is 2. The van der Waals surface area contributed by atoms with Gasteiger partial charge in [-0.1, -0.05) is 30.3 Å². The summed E-state index contributed by atoms with van der Waals surface area (Å²) >= 11 is 0. The number of rotatable bonds is 3. The first-order valence-electron chi connectivity index (χ1n) is 12.2. The van der Waals surface area contributed by atoms with Gasteiger partial charge < -0.3 is 15.5 Å². The van der Waals surface area contributed by atoms with Gasteiger partial charge in [0.2, 0.25) is 5.91 Å². The predicted octanol–water partition coefficient (Wildman–Crippen LogP) is 3.54. The van der Waals surface area contributed by atoms with Gasteiger partial charge in [-0.2, -0.15) is 0 Å².